The minimum Gasteiger partial charge on any atom is -0.481 e. The van der Waals surface area contributed by atoms with Gasteiger partial charge in [-0.2, -0.15) is 16.6 Å². The zero-order valence-electron chi connectivity index (χ0n) is 9.37. The van der Waals surface area contributed by atoms with E-state index in [0.717, 1.165) is 18.5 Å². The summed E-state index contributed by atoms with van der Waals surface area (Å²) in [5, 5.41) is 22.2. The highest BCUT2D eigenvalue weighted by Gasteiger charge is 2.30. The van der Waals surface area contributed by atoms with Gasteiger partial charge >= 0.3 is 5.97 Å². The molecule has 17 heavy (non-hydrogen) atoms. The molecule has 0 saturated carbocycles. The molecule has 1 aliphatic rings. The highest BCUT2D eigenvalue weighted by molar-refractivity contribution is 7.08. The number of carbonyl (C=O) groups is 1. The molecule has 0 aliphatic carbocycles. The third kappa shape index (κ3) is 2.65. The Bertz CT molecular complexity index is 424. The van der Waals surface area contributed by atoms with Crippen LogP contribution in [-0.4, -0.2) is 29.1 Å². The van der Waals surface area contributed by atoms with Crippen molar-refractivity contribution in [2.45, 2.75) is 18.9 Å². The topological polar surface area (TPSA) is 64.3 Å². The summed E-state index contributed by atoms with van der Waals surface area (Å²) in [6.45, 7) is 1.28. The molecular formula is C12H14N2O2S. The Hall–Kier alpha value is -1.38. The standard InChI is InChI=1S/C12H14N2O2S/c13-6-11(10-3-5-17-8-10)14-4-1-2-9(7-14)12(15)16/h3,5,8-9,11H,1-2,4,7H2,(H,15,16). The molecule has 1 N–H and O–H groups in total. The van der Waals surface area contributed by atoms with Gasteiger partial charge in [-0.05, 0) is 41.8 Å². The molecule has 5 heteroatoms. The average Bonchev–Trinajstić information content (AvgIpc) is 2.84. The molecule has 0 aromatic carbocycles. The lowest BCUT2D eigenvalue weighted by molar-refractivity contribution is -0.143. The Morgan fingerprint density at radius 3 is 3.12 bits per heavy atom. The Kier molecular flexibility index (Phi) is 3.77. The van der Waals surface area contributed by atoms with E-state index in [1.165, 1.54) is 0 Å². The number of carboxylic acids is 1. The molecule has 90 valence electrons. The number of nitrogens with zero attached hydrogens (tertiary/aromatic N) is 2. The molecule has 0 radical (unpaired) electrons. The number of piperidine rings is 1. The van der Waals surface area contributed by atoms with E-state index in [2.05, 4.69) is 6.07 Å². The first-order valence-corrected chi connectivity index (χ1v) is 6.55. The van der Waals surface area contributed by atoms with Crippen molar-refractivity contribution in [3.8, 4) is 6.07 Å². The third-order valence-corrected chi connectivity index (χ3v) is 3.85. The van der Waals surface area contributed by atoms with Crippen molar-refractivity contribution in [2.75, 3.05) is 13.1 Å². The molecule has 1 aliphatic heterocycles. The van der Waals surface area contributed by atoms with Gasteiger partial charge in [-0.25, -0.2) is 0 Å². The van der Waals surface area contributed by atoms with Crippen LogP contribution in [0, 0.1) is 17.2 Å². The molecule has 0 bridgehead atoms. The molecule has 2 rings (SSSR count). The van der Waals surface area contributed by atoms with E-state index in [0.29, 0.717) is 13.0 Å². The predicted octanol–water partition coefficient (Wildman–Crippen LogP) is 2.11. The van der Waals surface area contributed by atoms with Gasteiger partial charge in [-0.15, -0.1) is 0 Å². The molecule has 1 saturated heterocycles. The Morgan fingerprint density at radius 1 is 1.71 bits per heavy atom. The van der Waals surface area contributed by atoms with Crippen molar-refractivity contribution in [1.29, 1.82) is 5.26 Å². The lowest BCUT2D eigenvalue weighted by atomic mass is 9.96. The van der Waals surface area contributed by atoms with E-state index in [1.54, 1.807) is 11.3 Å². The van der Waals surface area contributed by atoms with Crippen molar-refractivity contribution in [3.05, 3.63) is 22.4 Å². The fourth-order valence-electron chi connectivity index (χ4n) is 2.24. The van der Waals surface area contributed by atoms with Gasteiger partial charge in [0.15, 0.2) is 0 Å². The molecule has 4 nitrogen and oxygen atoms in total. The molecule has 0 spiro atoms. The monoisotopic (exact) mass is 250 g/mol. The van der Waals surface area contributed by atoms with Crippen LogP contribution >= 0.6 is 11.3 Å². The first-order chi connectivity index (χ1) is 8.22. The summed E-state index contributed by atoms with van der Waals surface area (Å²) in [4.78, 5) is 13.0. The van der Waals surface area contributed by atoms with Crippen LogP contribution in [0.15, 0.2) is 16.8 Å². The van der Waals surface area contributed by atoms with E-state index in [9.17, 15) is 10.1 Å². The molecule has 2 atom stereocenters. The van der Waals surface area contributed by atoms with Gasteiger partial charge in [0.05, 0.1) is 12.0 Å². The highest BCUT2D eigenvalue weighted by atomic mass is 32.1. The molecular weight excluding hydrogens is 236 g/mol. The average molecular weight is 250 g/mol. The summed E-state index contributed by atoms with van der Waals surface area (Å²) >= 11 is 1.56. The summed E-state index contributed by atoms with van der Waals surface area (Å²) in [5.74, 6) is -1.09. The maximum Gasteiger partial charge on any atom is 0.307 e. The van der Waals surface area contributed by atoms with E-state index in [1.807, 2.05) is 21.7 Å². The van der Waals surface area contributed by atoms with Gasteiger partial charge in [-0.1, -0.05) is 0 Å². The minimum atomic E-state index is -0.753. The van der Waals surface area contributed by atoms with E-state index in [4.69, 9.17) is 5.11 Å². The fourth-order valence-corrected chi connectivity index (χ4v) is 2.92. The number of aliphatic carboxylic acids is 1. The number of nitriles is 1. The fraction of sp³-hybridized carbons (Fsp3) is 0.500. The van der Waals surface area contributed by atoms with Crippen molar-refractivity contribution in [1.82, 2.24) is 4.90 Å². The molecule has 2 unspecified atom stereocenters. The van der Waals surface area contributed by atoms with Crippen molar-refractivity contribution >= 4 is 17.3 Å². The summed E-state index contributed by atoms with van der Waals surface area (Å²) in [5.41, 5.74) is 0.975. The number of rotatable bonds is 3. The van der Waals surface area contributed by atoms with Crippen LogP contribution in [0.1, 0.15) is 24.4 Å². The van der Waals surface area contributed by atoms with Crippen molar-refractivity contribution < 1.29 is 9.90 Å². The number of hydrogen-bond donors (Lipinski definition) is 1. The highest BCUT2D eigenvalue weighted by Crippen LogP contribution is 2.27. The first-order valence-electron chi connectivity index (χ1n) is 5.61. The summed E-state index contributed by atoms with van der Waals surface area (Å²) in [7, 11) is 0. The Balaban J connectivity index is 2.10. The van der Waals surface area contributed by atoms with Crippen LogP contribution in [0.2, 0.25) is 0 Å². The second kappa shape index (κ2) is 5.30. The van der Waals surface area contributed by atoms with Crippen LogP contribution in [0.4, 0.5) is 0 Å². The number of hydrogen-bond acceptors (Lipinski definition) is 4. The zero-order valence-corrected chi connectivity index (χ0v) is 10.2. The second-order valence-corrected chi connectivity index (χ2v) is 5.04. The number of thiophene rings is 1. The van der Waals surface area contributed by atoms with Crippen LogP contribution in [-0.2, 0) is 4.79 Å². The first kappa shape index (κ1) is 12.1. The van der Waals surface area contributed by atoms with Crippen molar-refractivity contribution in [3.63, 3.8) is 0 Å². The van der Waals surface area contributed by atoms with Crippen molar-refractivity contribution in [2.24, 2.45) is 5.92 Å². The summed E-state index contributed by atoms with van der Waals surface area (Å²) in [6.07, 6.45) is 1.56. The molecule has 1 aromatic heterocycles. The van der Waals surface area contributed by atoms with Gasteiger partial charge in [0, 0.05) is 6.54 Å². The SMILES string of the molecule is N#CC(c1ccsc1)N1CCCC(C(=O)O)C1. The normalized spacial score (nSPS) is 22.9. The molecule has 2 heterocycles. The third-order valence-electron chi connectivity index (χ3n) is 3.15. The van der Waals surface area contributed by atoms with E-state index >= 15 is 0 Å². The zero-order chi connectivity index (χ0) is 12.3. The van der Waals surface area contributed by atoms with Gasteiger partial charge in [-0.3, -0.25) is 9.69 Å². The van der Waals surface area contributed by atoms with Gasteiger partial charge < -0.3 is 5.11 Å². The Morgan fingerprint density at radius 2 is 2.53 bits per heavy atom. The maximum absolute atomic E-state index is 11.0. The van der Waals surface area contributed by atoms with Crippen LogP contribution in [0.3, 0.4) is 0 Å². The molecule has 0 amide bonds. The van der Waals surface area contributed by atoms with Gasteiger partial charge in [0.1, 0.15) is 6.04 Å². The number of likely N-dealkylation sites (tertiary alicyclic amines) is 1. The quantitative estimate of drug-likeness (QED) is 0.892. The lowest BCUT2D eigenvalue weighted by Crippen LogP contribution is -2.40. The van der Waals surface area contributed by atoms with Gasteiger partial charge in [0.25, 0.3) is 0 Å². The second-order valence-electron chi connectivity index (χ2n) is 4.26. The summed E-state index contributed by atoms with van der Waals surface area (Å²) in [6, 6.07) is 3.90. The van der Waals surface area contributed by atoms with E-state index in [-0.39, 0.29) is 12.0 Å². The van der Waals surface area contributed by atoms with Gasteiger partial charge in [0.2, 0.25) is 0 Å². The minimum absolute atomic E-state index is 0.302. The van der Waals surface area contributed by atoms with Crippen LogP contribution in [0.5, 0.6) is 0 Å². The lowest BCUT2D eigenvalue weighted by Gasteiger charge is -2.33. The summed E-state index contributed by atoms with van der Waals surface area (Å²) < 4.78 is 0. The molecule has 1 fully saturated rings. The molecule has 1 aromatic rings. The van der Waals surface area contributed by atoms with Crippen LogP contribution in [0.25, 0.3) is 0 Å². The maximum atomic E-state index is 11.0. The van der Waals surface area contributed by atoms with Crippen LogP contribution < -0.4 is 0 Å². The largest absolute Gasteiger partial charge is 0.481 e. The Labute approximate surface area is 104 Å². The predicted molar refractivity (Wildman–Crippen MR) is 64.6 cm³/mol. The smallest absolute Gasteiger partial charge is 0.307 e. The van der Waals surface area contributed by atoms with E-state index < -0.39 is 5.97 Å². The number of carboxylic acid groups (broad SMARTS) is 1.